The van der Waals surface area contributed by atoms with Crippen LogP contribution in [-0.4, -0.2) is 38.9 Å². The molecule has 1 amide bonds. The molecule has 1 unspecified atom stereocenters. The third kappa shape index (κ3) is 3.03. The number of hydrogen-bond donors (Lipinski definition) is 0. The van der Waals surface area contributed by atoms with Crippen LogP contribution in [0.3, 0.4) is 0 Å². The lowest BCUT2D eigenvalue weighted by molar-refractivity contribution is 0.0782. The van der Waals surface area contributed by atoms with Crippen LogP contribution in [0.25, 0.3) is 11.3 Å². The van der Waals surface area contributed by atoms with Crippen LogP contribution in [0.1, 0.15) is 22.8 Å². The van der Waals surface area contributed by atoms with E-state index in [1.165, 1.54) is 12.1 Å². The van der Waals surface area contributed by atoms with Gasteiger partial charge in [0.05, 0.1) is 17.8 Å². The van der Waals surface area contributed by atoms with E-state index in [-0.39, 0.29) is 17.5 Å². The molecule has 0 saturated carbocycles. The molecule has 1 fully saturated rings. The van der Waals surface area contributed by atoms with E-state index in [0.29, 0.717) is 13.1 Å². The van der Waals surface area contributed by atoms with Crippen molar-refractivity contribution in [1.29, 1.82) is 0 Å². The molecule has 5 nitrogen and oxygen atoms in total. The Morgan fingerprint density at radius 3 is 2.64 bits per heavy atom. The topological polar surface area (TPSA) is 51.0 Å². The minimum atomic E-state index is -0.483. The van der Waals surface area contributed by atoms with E-state index in [1.807, 2.05) is 36.5 Å². The first-order valence-corrected chi connectivity index (χ1v) is 8.23. The van der Waals surface area contributed by atoms with Gasteiger partial charge in [-0.2, -0.15) is 0 Å². The van der Waals surface area contributed by atoms with Gasteiger partial charge in [-0.1, -0.05) is 47.7 Å². The zero-order valence-electron chi connectivity index (χ0n) is 13.5. The average molecular weight is 336 g/mol. The van der Waals surface area contributed by atoms with E-state index in [9.17, 15) is 9.18 Å². The van der Waals surface area contributed by atoms with Gasteiger partial charge in [-0.25, -0.2) is 9.07 Å². The van der Waals surface area contributed by atoms with Gasteiger partial charge in [-0.15, -0.1) is 5.10 Å². The number of nitrogens with zero attached hydrogens (tertiary/aromatic N) is 4. The molecule has 2 heterocycles. The monoisotopic (exact) mass is 336 g/mol. The molecule has 6 heteroatoms. The van der Waals surface area contributed by atoms with Gasteiger partial charge in [0.1, 0.15) is 11.5 Å². The summed E-state index contributed by atoms with van der Waals surface area (Å²) in [4.78, 5) is 14.2. The first-order chi connectivity index (χ1) is 12.2. The zero-order chi connectivity index (χ0) is 17.2. The van der Waals surface area contributed by atoms with Crippen LogP contribution in [0.2, 0.25) is 0 Å². The van der Waals surface area contributed by atoms with Crippen LogP contribution >= 0.6 is 0 Å². The Kier molecular flexibility index (Phi) is 4.01. The summed E-state index contributed by atoms with van der Waals surface area (Å²) in [6.07, 6.45) is 2.68. The van der Waals surface area contributed by atoms with Gasteiger partial charge in [-0.3, -0.25) is 4.79 Å². The lowest BCUT2D eigenvalue weighted by Crippen LogP contribution is -2.29. The molecule has 1 aromatic heterocycles. The normalized spacial score (nSPS) is 17.0. The molecule has 0 radical (unpaired) electrons. The van der Waals surface area contributed by atoms with Crippen LogP contribution < -0.4 is 0 Å². The quantitative estimate of drug-likeness (QED) is 0.738. The maximum atomic E-state index is 13.8. The summed E-state index contributed by atoms with van der Waals surface area (Å²) in [6.45, 7) is 1.09. The number of carbonyl (C=O) groups excluding carboxylic acids is 1. The number of likely N-dealkylation sites (tertiary alicyclic amines) is 1. The molecule has 0 N–H and O–H groups in total. The van der Waals surface area contributed by atoms with Crippen molar-refractivity contribution in [3.05, 3.63) is 72.2 Å². The molecule has 2 aromatic carbocycles. The molecule has 1 aliphatic rings. The number of halogens is 1. The highest BCUT2D eigenvalue weighted by atomic mass is 19.1. The summed E-state index contributed by atoms with van der Waals surface area (Å²) in [5.41, 5.74) is 1.93. The third-order valence-electron chi connectivity index (χ3n) is 4.51. The largest absolute Gasteiger partial charge is 0.336 e. The van der Waals surface area contributed by atoms with Crippen LogP contribution in [-0.2, 0) is 0 Å². The average Bonchev–Trinajstić information content (AvgIpc) is 3.32. The van der Waals surface area contributed by atoms with Crippen molar-refractivity contribution in [2.75, 3.05) is 13.1 Å². The lowest BCUT2D eigenvalue weighted by Gasteiger charge is -2.16. The summed E-state index contributed by atoms with van der Waals surface area (Å²) < 4.78 is 15.6. The molecule has 0 spiro atoms. The van der Waals surface area contributed by atoms with Crippen LogP contribution in [0, 0.1) is 5.82 Å². The van der Waals surface area contributed by atoms with Crippen LogP contribution in [0.5, 0.6) is 0 Å². The molecule has 1 aliphatic heterocycles. The van der Waals surface area contributed by atoms with Crippen molar-refractivity contribution in [2.24, 2.45) is 0 Å². The van der Waals surface area contributed by atoms with E-state index < -0.39 is 5.82 Å². The summed E-state index contributed by atoms with van der Waals surface area (Å²) in [5.74, 6) is -0.757. The molecule has 3 aromatic rings. The van der Waals surface area contributed by atoms with Crippen molar-refractivity contribution in [2.45, 2.75) is 12.5 Å². The Hall–Kier alpha value is -3.02. The number of carbonyl (C=O) groups is 1. The summed E-state index contributed by atoms with van der Waals surface area (Å²) in [6, 6.07) is 16.0. The number of benzene rings is 2. The number of amides is 1. The Bertz CT molecular complexity index is 893. The van der Waals surface area contributed by atoms with E-state index in [1.54, 1.807) is 21.7 Å². The lowest BCUT2D eigenvalue weighted by atomic mass is 10.2. The van der Waals surface area contributed by atoms with E-state index >= 15 is 0 Å². The standard InChI is InChI=1S/C19H17FN4O/c20-17-9-5-4-8-16(17)19(25)23-11-10-15(12-23)24-13-18(21-22-24)14-6-2-1-3-7-14/h1-9,13,15H,10-12H2. The SMILES string of the molecule is O=C(c1ccccc1F)N1CCC(n2cc(-c3ccccc3)nn2)C1. The van der Waals surface area contributed by atoms with Crippen molar-refractivity contribution < 1.29 is 9.18 Å². The van der Waals surface area contributed by atoms with Crippen molar-refractivity contribution in [3.8, 4) is 11.3 Å². The predicted molar refractivity (Wildman–Crippen MR) is 91.4 cm³/mol. The second kappa shape index (κ2) is 6.47. The van der Waals surface area contributed by atoms with E-state index in [0.717, 1.165) is 17.7 Å². The molecular formula is C19H17FN4O. The molecular weight excluding hydrogens is 319 g/mol. The highest BCUT2D eigenvalue weighted by Gasteiger charge is 2.30. The minimum absolute atomic E-state index is 0.0562. The van der Waals surface area contributed by atoms with Gasteiger partial charge in [0.2, 0.25) is 0 Å². The van der Waals surface area contributed by atoms with E-state index in [4.69, 9.17) is 0 Å². The molecule has 1 saturated heterocycles. The van der Waals surface area contributed by atoms with Crippen LogP contribution in [0.4, 0.5) is 4.39 Å². The number of rotatable bonds is 3. The van der Waals surface area contributed by atoms with Gasteiger partial charge in [-0.05, 0) is 18.6 Å². The fourth-order valence-corrected chi connectivity index (χ4v) is 3.14. The van der Waals surface area contributed by atoms with Crippen molar-refractivity contribution >= 4 is 5.91 Å². The van der Waals surface area contributed by atoms with Crippen molar-refractivity contribution in [1.82, 2.24) is 19.9 Å². The molecule has 1 atom stereocenters. The zero-order valence-corrected chi connectivity index (χ0v) is 13.5. The Balaban J connectivity index is 1.49. The molecule has 0 aliphatic carbocycles. The highest BCUT2D eigenvalue weighted by Crippen LogP contribution is 2.25. The smallest absolute Gasteiger partial charge is 0.256 e. The third-order valence-corrected chi connectivity index (χ3v) is 4.51. The van der Waals surface area contributed by atoms with Gasteiger partial charge in [0.25, 0.3) is 5.91 Å². The van der Waals surface area contributed by atoms with E-state index in [2.05, 4.69) is 10.3 Å². The first kappa shape index (κ1) is 15.5. The highest BCUT2D eigenvalue weighted by molar-refractivity contribution is 5.94. The predicted octanol–water partition coefficient (Wildman–Crippen LogP) is 3.17. The van der Waals surface area contributed by atoms with Crippen molar-refractivity contribution in [3.63, 3.8) is 0 Å². The summed E-state index contributed by atoms with van der Waals surface area (Å²) in [5, 5.41) is 8.44. The van der Waals surface area contributed by atoms with Gasteiger partial charge >= 0.3 is 0 Å². The molecule has 126 valence electrons. The number of hydrogen-bond acceptors (Lipinski definition) is 3. The van der Waals surface area contributed by atoms with Gasteiger partial charge in [0, 0.05) is 18.7 Å². The fraction of sp³-hybridized carbons (Fsp3) is 0.211. The fourth-order valence-electron chi connectivity index (χ4n) is 3.14. The molecule has 0 bridgehead atoms. The molecule has 25 heavy (non-hydrogen) atoms. The first-order valence-electron chi connectivity index (χ1n) is 8.23. The Morgan fingerprint density at radius 2 is 1.84 bits per heavy atom. The van der Waals surface area contributed by atoms with Crippen LogP contribution in [0.15, 0.2) is 60.8 Å². The minimum Gasteiger partial charge on any atom is -0.336 e. The molecule has 4 rings (SSSR count). The second-order valence-corrected chi connectivity index (χ2v) is 6.12. The maximum Gasteiger partial charge on any atom is 0.256 e. The van der Waals surface area contributed by atoms with Gasteiger partial charge < -0.3 is 4.90 Å². The Morgan fingerprint density at radius 1 is 1.08 bits per heavy atom. The Labute approximate surface area is 144 Å². The summed E-state index contributed by atoms with van der Waals surface area (Å²) in [7, 11) is 0. The van der Waals surface area contributed by atoms with Gasteiger partial charge in [0.15, 0.2) is 0 Å². The number of aromatic nitrogens is 3. The second-order valence-electron chi connectivity index (χ2n) is 6.12. The maximum absolute atomic E-state index is 13.8. The summed E-state index contributed by atoms with van der Waals surface area (Å²) >= 11 is 0.